The van der Waals surface area contributed by atoms with E-state index in [0.717, 1.165) is 29.1 Å². The number of carbonyl (C=O) groups is 2. The van der Waals surface area contributed by atoms with Gasteiger partial charge in [0.1, 0.15) is 5.75 Å². The fourth-order valence-electron chi connectivity index (χ4n) is 3.20. The maximum Gasteiger partial charge on any atom is 0.260 e. The van der Waals surface area contributed by atoms with Gasteiger partial charge in [0.25, 0.3) is 5.91 Å². The second-order valence-corrected chi connectivity index (χ2v) is 9.10. The van der Waals surface area contributed by atoms with Crippen LogP contribution in [0.1, 0.15) is 22.8 Å². The minimum Gasteiger partial charge on any atom is -0.482 e. The average Bonchev–Trinajstić information content (AvgIpc) is 2.69. The zero-order valence-corrected chi connectivity index (χ0v) is 19.9. The van der Waals surface area contributed by atoms with Gasteiger partial charge in [0.05, 0.1) is 10.0 Å². The highest BCUT2D eigenvalue weighted by Crippen LogP contribution is 2.33. The van der Waals surface area contributed by atoms with Crippen LogP contribution in [-0.2, 0) is 11.3 Å². The van der Waals surface area contributed by atoms with E-state index in [4.69, 9.17) is 16.3 Å². The van der Waals surface area contributed by atoms with E-state index in [1.165, 1.54) is 12.5 Å². The average molecular weight is 545 g/mol. The molecule has 5 nitrogen and oxygen atoms in total. The van der Waals surface area contributed by atoms with E-state index in [2.05, 4.69) is 36.8 Å². The summed E-state index contributed by atoms with van der Waals surface area (Å²) in [6.07, 6.45) is 0. The Labute approximate surface area is 192 Å². The Kier molecular flexibility index (Phi) is 7.73. The molecule has 8 heteroatoms. The molecular weight excluding hydrogens is 524 g/mol. The second kappa shape index (κ2) is 10.1. The van der Waals surface area contributed by atoms with Crippen molar-refractivity contribution in [3.63, 3.8) is 0 Å². The van der Waals surface area contributed by atoms with Gasteiger partial charge in [-0.2, -0.15) is 0 Å². The van der Waals surface area contributed by atoms with E-state index in [9.17, 15) is 9.59 Å². The van der Waals surface area contributed by atoms with Crippen molar-refractivity contribution < 1.29 is 14.3 Å². The number of hydrogen-bond acceptors (Lipinski definition) is 4. The van der Waals surface area contributed by atoms with Crippen LogP contribution in [0.2, 0.25) is 5.02 Å². The molecule has 29 heavy (non-hydrogen) atoms. The molecule has 0 aromatic heterocycles. The first-order chi connectivity index (χ1) is 13.8. The molecule has 1 heterocycles. The van der Waals surface area contributed by atoms with E-state index >= 15 is 0 Å². The minimum atomic E-state index is -0.120. The molecule has 1 saturated heterocycles. The molecule has 0 bridgehead atoms. The summed E-state index contributed by atoms with van der Waals surface area (Å²) in [5, 5.41) is 0.731. The first-order valence-corrected chi connectivity index (χ1v) is 11.2. The van der Waals surface area contributed by atoms with Crippen LogP contribution in [0.25, 0.3) is 0 Å². The van der Waals surface area contributed by atoms with Gasteiger partial charge in [-0.25, -0.2) is 0 Å². The number of amides is 1. The zero-order valence-electron chi connectivity index (χ0n) is 16.0. The third-order valence-corrected chi connectivity index (χ3v) is 6.07. The Balaban J connectivity index is 1.53. The smallest absolute Gasteiger partial charge is 0.260 e. The summed E-state index contributed by atoms with van der Waals surface area (Å²) < 4.78 is 7.13. The Hall–Kier alpha value is -1.41. The standard InChI is InChI=1S/C21H21Br2ClN2O3/c1-14(27)18-10-16(22)11-19(23)21(18)29-13-20(28)26-8-6-25(7-9-26)12-15-2-4-17(24)5-3-15/h2-5,10-11H,6-9,12-13H2,1H3. The molecule has 1 fully saturated rings. The third kappa shape index (κ3) is 6.04. The number of piperazine rings is 1. The van der Waals surface area contributed by atoms with E-state index < -0.39 is 0 Å². The number of benzene rings is 2. The van der Waals surface area contributed by atoms with Crippen LogP contribution in [0.5, 0.6) is 5.75 Å². The first kappa shape index (κ1) is 22.3. The van der Waals surface area contributed by atoms with Gasteiger partial charge in [0.2, 0.25) is 0 Å². The highest BCUT2D eigenvalue weighted by molar-refractivity contribution is 9.11. The number of ether oxygens (including phenoxy) is 1. The maximum absolute atomic E-state index is 12.6. The van der Waals surface area contributed by atoms with Crippen LogP contribution in [0.3, 0.4) is 0 Å². The normalized spacial score (nSPS) is 14.7. The monoisotopic (exact) mass is 542 g/mol. The zero-order chi connectivity index (χ0) is 21.0. The molecule has 2 aromatic carbocycles. The van der Waals surface area contributed by atoms with E-state index in [1.807, 2.05) is 24.3 Å². The Morgan fingerprint density at radius 1 is 1.07 bits per heavy atom. The van der Waals surface area contributed by atoms with Crippen LogP contribution < -0.4 is 4.74 Å². The molecule has 0 aliphatic carbocycles. The van der Waals surface area contributed by atoms with Crippen LogP contribution in [0.15, 0.2) is 45.3 Å². The molecule has 3 rings (SSSR count). The predicted octanol–water partition coefficient (Wildman–Crippen LogP) is 4.79. The van der Waals surface area contributed by atoms with Crippen molar-refractivity contribution in [3.8, 4) is 5.75 Å². The van der Waals surface area contributed by atoms with Crippen molar-refractivity contribution in [2.24, 2.45) is 0 Å². The van der Waals surface area contributed by atoms with Gasteiger partial charge < -0.3 is 9.64 Å². The van der Waals surface area contributed by atoms with E-state index in [1.54, 1.807) is 17.0 Å². The van der Waals surface area contributed by atoms with Crippen LogP contribution in [-0.4, -0.2) is 54.3 Å². The van der Waals surface area contributed by atoms with E-state index in [-0.39, 0.29) is 18.3 Å². The molecule has 1 aliphatic rings. The van der Waals surface area contributed by atoms with Crippen molar-refractivity contribution in [2.75, 3.05) is 32.8 Å². The molecule has 1 aliphatic heterocycles. The summed E-state index contributed by atoms with van der Waals surface area (Å²) in [5.74, 6) is 0.196. The van der Waals surface area contributed by atoms with Crippen LogP contribution in [0.4, 0.5) is 0 Å². The SMILES string of the molecule is CC(=O)c1cc(Br)cc(Br)c1OCC(=O)N1CCN(Cc2ccc(Cl)cc2)CC1. The molecule has 0 saturated carbocycles. The Morgan fingerprint density at radius 2 is 1.72 bits per heavy atom. The molecule has 0 radical (unpaired) electrons. The highest BCUT2D eigenvalue weighted by atomic mass is 79.9. The molecule has 0 atom stereocenters. The van der Waals surface area contributed by atoms with Crippen molar-refractivity contribution in [1.29, 1.82) is 0 Å². The fourth-order valence-corrected chi connectivity index (χ4v) is 4.66. The largest absolute Gasteiger partial charge is 0.482 e. The molecule has 0 spiro atoms. The Bertz CT molecular complexity index is 898. The molecule has 2 aromatic rings. The quantitative estimate of drug-likeness (QED) is 0.491. The summed E-state index contributed by atoms with van der Waals surface area (Å²) in [6.45, 7) is 5.11. The van der Waals surface area contributed by atoms with Crippen molar-refractivity contribution >= 4 is 55.2 Å². The molecule has 1 amide bonds. The van der Waals surface area contributed by atoms with Gasteiger partial charge in [-0.3, -0.25) is 14.5 Å². The van der Waals surface area contributed by atoms with Crippen molar-refractivity contribution in [2.45, 2.75) is 13.5 Å². The van der Waals surface area contributed by atoms with Crippen LogP contribution >= 0.6 is 43.5 Å². The van der Waals surface area contributed by atoms with Gasteiger partial charge in [-0.15, -0.1) is 0 Å². The molecular formula is C21H21Br2ClN2O3. The minimum absolute atomic E-state index is 0.0829. The number of hydrogen-bond donors (Lipinski definition) is 0. The molecule has 0 N–H and O–H groups in total. The summed E-state index contributed by atoms with van der Waals surface area (Å²) in [4.78, 5) is 28.6. The number of rotatable bonds is 6. The van der Waals surface area contributed by atoms with E-state index in [0.29, 0.717) is 28.9 Å². The van der Waals surface area contributed by atoms with Crippen molar-refractivity contribution in [1.82, 2.24) is 9.80 Å². The number of nitrogens with zero attached hydrogens (tertiary/aromatic N) is 2. The maximum atomic E-state index is 12.6. The first-order valence-electron chi connectivity index (χ1n) is 9.21. The fraction of sp³-hybridized carbons (Fsp3) is 0.333. The summed E-state index contributed by atoms with van der Waals surface area (Å²) >= 11 is 12.7. The highest BCUT2D eigenvalue weighted by Gasteiger charge is 2.22. The molecule has 154 valence electrons. The lowest BCUT2D eigenvalue weighted by Crippen LogP contribution is -2.49. The topological polar surface area (TPSA) is 49.9 Å². The summed E-state index contributed by atoms with van der Waals surface area (Å²) in [7, 11) is 0. The molecule has 0 unspecified atom stereocenters. The second-order valence-electron chi connectivity index (χ2n) is 6.89. The van der Waals surface area contributed by atoms with Gasteiger partial charge in [0, 0.05) is 42.2 Å². The lowest BCUT2D eigenvalue weighted by molar-refractivity contribution is -0.135. The van der Waals surface area contributed by atoms with Gasteiger partial charge in [-0.05, 0) is 52.7 Å². The van der Waals surface area contributed by atoms with Gasteiger partial charge >= 0.3 is 0 Å². The summed E-state index contributed by atoms with van der Waals surface area (Å²) in [5.41, 5.74) is 1.64. The number of Topliss-reactive ketones (excluding diaryl/α,β-unsaturated/α-hetero) is 1. The van der Waals surface area contributed by atoms with Gasteiger partial charge in [-0.1, -0.05) is 39.7 Å². The number of ketones is 1. The summed E-state index contributed by atoms with van der Waals surface area (Å²) in [6, 6.07) is 11.3. The van der Waals surface area contributed by atoms with Crippen molar-refractivity contribution in [3.05, 3.63) is 61.5 Å². The lowest BCUT2D eigenvalue weighted by atomic mass is 10.1. The Morgan fingerprint density at radius 3 is 2.34 bits per heavy atom. The van der Waals surface area contributed by atoms with Gasteiger partial charge in [0.15, 0.2) is 12.4 Å². The predicted molar refractivity (Wildman–Crippen MR) is 121 cm³/mol. The third-order valence-electron chi connectivity index (χ3n) is 4.77. The van der Waals surface area contributed by atoms with Crippen LogP contribution in [0, 0.1) is 0 Å². The number of carbonyl (C=O) groups excluding carboxylic acids is 2. The lowest BCUT2D eigenvalue weighted by Gasteiger charge is -2.34. The number of halogens is 3.